The molecule has 3 rings (SSSR count). The second-order valence-corrected chi connectivity index (χ2v) is 5.50. The zero-order valence-electron chi connectivity index (χ0n) is 14.3. The Bertz CT molecular complexity index is 1010. The van der Waals surface area contributed by atoms with Gasteiger partial charge in [-0.2, -0.15) is 0 Å². The van der Waals surface area contributed by atoms with E-state index in [0.29, 0.717) is 28.7 Å². The van der Waals surface area contributed by atoms with Gasteiger partial charge in [0, 0.05) is 22.7 Å². The van der Waals surface area contributed by atoms with Crippen LogP contribution in [-0.4, -0.2) is 36.0 Å². The summed E-state index contributed by atoms with van der Waals surface area (Å²) in [5.41, 5.74) is 2.09. The summed E-state index contributed by atoms with van der Waals surface area (Å²) in [6, 6.07) is 10.3. The second-order valence-electron chi connectivity index (χ2n) is 5.50. The maximum absolute atomic E-state index is 12.4. The van der Waals surface area contributed by atoms with Crippen LogP contribution in [0, 0.1) is 0 Å². The Balaban J connectivity index is 2.07. The number of fused-ring (bicyclic) bond motifs is 1. The first-order valence-corrected chi connectivity index (χ1v) is 7.89. The molecule has 0 bridgehead atoms. The summed E-state index contributed by atoms with van der Waals surface area (Å²) in [5.74, 6) is 0.137. The van der Waals surface area contributed by atoms with Crippen LogP contribution in [0.1, 0.15) is 21.5 Å². The lowest BCUT2D eigenvalue weighted by molar-refractivity contribution is -0.129. The fourth-order valence-corrected chi connectivity index (χ4v) is 2.74. The highest BCUT2D eigenvalue weighted by atomic mass is 16.5. The fourth-order valence-electron chi connectivity index (χ4n) is 2.74. The maximum atomic E-state index is 12.4. The van der Waals surface area contributed by atoms with Gasteiger partial charge in [-0.15, -0.1) is 0 Å². The van der Waals surface area contributed by atoms with Crippen molar-refractivity contribution >= 4 is 29.6 Å². The number of oxime groups is 1. The minimum Gasteiger partial charge on any atom is -0.465 e. The number of hydrogen-bond donors (Lipinski definition) is 2. The molecular formula is C19H16N2O6. The third-order valence-corrected chi connectivity index (χ3v) is 3.87. The summed E-state index contributed by atoms with van der Waals surface area (Å²) in [4.78, 5) is 25.8. The molecule has 138 valence electrons. The van der Waals surface area contributed by atoms with E-state index in [4.69, 9.17) is 19.4 Å². The summed E-state index contributed by atoms with van der Waals surface area (Å²) >= 11 is 0. The molecule has 0 unspecified atom stereocenters. The quantitative estimate of drug-likeness (QED) is 0.218. The van der Waals surface area contributed by atoms with E-state index >= 15 is 0 Å². The lowest BCUT2D eigenvalue weighted by Crippen LogP contribution is -2.05. The van der Waals surface area contributed by atoms with Crippen molar-refractivity contribution in [1.29, 1.82) is 0 Å². The highest BCUT2D eigenvalue weighted by Gasteiger charge is 2.21. The predicted octanol–water partition coefficient (Wildman–Crippen LogP) is 3.23. The average molecular weight is 368 g/mol. The lowest BCUT2D eigenvalue weighted by Gasteiger charge is -2.12. The molecule has 0 radical (unpaired) electrons. The highest BCUT2D eigenvalue weighted by molar-refractivity contribution is 6.12. The van der Waals surface area contributed by atoms with E-state index in [1.165, 1.54) is 13.3 Å². The van der Waals surface area contributed by atoms with E-state index in [1.54, 1.807) is 42.6 Å². The van der Waals surface area contributed by atoms with Crippen LogP contribution in [0.5, 0.6) is 11.5 Å². The first kappa shape index (κ1) is 18.0. The van der Waals surface area contributed by atoms with Crippen molar-refractivity contribution in [1.82, 2.24) is 4.98 Å². The number of esters is 1. The molecule has 2 N–H and O–H groups in total. The number of carbonyl (C=O) groups excluding carboxylic acids is 2. The normalized spacial score (nSPS) is 10.9. The average Bonchev–Trinajstić information content (AvgIpc) is 3.09. The molecule has 0 saturated carbocycles. The van der Waals surface area contributed by atoms with Gasteiger partial charge < -0.3 is 24.4 Å². The number of aromatic nitrogens is 1. The van der Waals surface area contributed by atoms with Crippen LogP contribution in [0.25, 0.3) is 10.9 Å². The summed E-state index contributed by atoms with van der Waals surface area (Å²) < 4.78 is 15.5. The Kier molecular flexibility index (Phi) is 5.36. The van der Waals surface area contributed by atoms with E-state index in [2.05, 4.69) is 10.1 Å². The van der Waals surface area contributed by atoms with Gasteiger partial charge in [0.1, 0.15) is 23.7 Å². The number of H-pyrrole nitrogens is 1. The van der Waals surface area contributed by atoms with Crippen LogP contribution < -0.4 is 4.74 Å². The predicted molar refractivity (Wildman–Crippen MR) is 96.4 cm³/mol. The monoisotopic (exact) mass is 368 g/mol. The van der Waals surface area contributed by atoms with Crippen LogP contribution in [0.15, 0.2) is 47.8 Å². The van der Waals surface area contributed by atoms with Gasteiger partial charge in [0.25, 0.3) is 6.47 Å². The minimum absolute atomic E-state index is 0.110. The molecule has 1 aromatic heterocycles. The van der Waals surface area contributed by atoms with Gasteiger partial charge >= 0.3 is 5.97 Å². The molecule has 3 aromatic rings. The first-order chi connectivity index (χ1) is 13.2. The van der Waals surface area contributed by atoms with Gasteiger partial charge in [0.05, 0.1) is 13.3 Å². The summed E-state index contributed by atoms with van der Waals surface area (Å²) in [6.07, 6.45) is 2.82. The largest absolute Gasteiger partial charge is 0.465 e. The molecule has 1 heterocycles. The van der Waals surface area contributed by atoms with Crippen molar-refractivity contribution in [3.8, 4) is 11.5 Å². The third-order valence-electron chi connectivity index (χ3n) is 3.87. The van der Waals surface area contributed by atoms with E-state index < -0.39 is 5.97 Å². The number of benzene rings is 2. The Morgan fingerprint density at radius 2 is 2.15 bits per heavy atom. The topological polar surface area (TPSA) is 110 Å². The van der Waals surface area contributed by atoms with Gasteiger partial charge in [-0.3, -0.25) is 4.79 Å². The van der Waals surface area contributed by atoms with Crippen LogP contribution in [0.3, 0.4) is 0 Å². The number of nitrogens with zero attached hydrogens (tertiary/aromatic N) is 1. The zero-order chi connectivity index (χ0) is 19.2. The first-order valence-electron chi connectivity index (χ1n) is 7.89. The van der Waals surface area contributed by atoms with Crippen LogP contribution in [-0.2, 0) is 20.9 Å². The van der Waals surface area contributed by atoms with E-state index in [-0.39, 0.29) is 17.9 Å². The van der Waals surface area contributed by atoms with E-state index in [9.17, 15) is 9.59 Å². The number of nitrogens with one attached hydrogen (secondary N) is 1. The van der Waals surface area contributed by atoms with Crippen molar-refractivity contribution < 1.29 is 29.0 Å². The molecule has 0 atom stereocenters. The Labute approximate surface area is 154 Å². The number of carbonyl (C=O) groups is 2. The lowest BCUT2D eigenvalue weighted by atomic mass is 10.1. The zero-order valence-corrected chi connectivity index (χ0v) is 14.3. The molecule has 27 heavy (non-hydrogen) atoms. The summed E-state index contributed by atoms with van der Waals surface area (Å²) in [5, 5.41) is 12.4. The fraction of sp³-hybridized carbons (Fsp3) is 0.105. The smallest absolute Gasteiger partial charge is 0.342 e. The van der Waals surface area contributed by atoms with Gasteiger partial charge in [-0.05, 0) is 29.8 Å². The SMILES string of the molecule is COC(=O)c1c(Oc2cccc(COC=O)c2)ccc2[nH]cc(/C=N/O)c12. The third kappa shape index (κ3) is 3.74. The number of methoxy groups -OCH3 is 1. The molecule has 0 spiro atoms. The molecule has 0 fully saturated rings. The second kappa shape index (κ2) is 8.05. The Morgan fingerprint density at radius 3 is 2.89 bits per heavy atom. The molecule has 2 aromatic carbocycles. The molecule has 0 saturated heterocycles. The van der Waals surface area contributed by atoms with Crippen molar-refractivity contribution in [2.24, 2.45) is 5.16 Å². The number of ether oxygens (including phenoxy) is 3. The highest BCUT2D eigenvalue weighted by Crippen LogP contribution is 2.33. The molecular weight excluding hydrogens is 352 g/mol. The number of hydrogen-bond acceptors (Lipinski definition) is 7. The van der Waals surface area contributed by atoms with Crippen molar-refractivity contribution in [3.05, 3.63) is 59.3 Å². The van der Waals surface area contributed by atoms with Crippen molar-refractivity contribution in [2.75, 3.05) is 7.11 Å². The Hall–Kier alpha value is -3.81. The van der Waals surface area contributed by atoms with Gasteiger partial charge in [-0.1, -0.05) is 17.3 Å². The molecule has 8 heteroatoms. The van der Waals surface area contributed by atoms with Gasteiger partial charge in [0.2, 0.25) is 0 Å². The number of rotatable bonds is 7. The van der Waals surface area contributed by atoms with Gasteiger partial charge in [0.15, 0.2) is 0 Å². The molecule has 0 aliphatic rings. The van der Waals surface area contributed by atoms with Crippen LogP contribution >= 0.6 is 0 Å². The maximum Gasteiger partial charge on any atom is 0.342 e. The van der Waals surface area contributed by atoms with Crippen molar-refractivity contribution in [2.45, 2.75) is 6.61 Å². The van der Waals surface area contributed by atoms with Crippen molar-refractivity contribution in [3.63, 3.8) is 0 Å². The molecule has 0 aliphatic heterocycles. The summed E-state index contributed by atoms with van der Waals surface area (Å²) in [7, 11) is 1.27. The summed E-state index contributed by atoms with van der Waals surface area (Å²) in [6.45, 7) is 0.478. The molecule has 0 aliphatic carbocycles. The Morgan fingerprint density at radius 1 is 1.30 bits per heavy atom. The van der Waals surface area contributed by atoms with E-state index in [1.807, 2.05) is 0 Å². The van der Waals surface area contributed by atoms with Crippen LogP contribution in [0.4, 0.5) is 0 Å². The van der Waals surface area contributed by atoms with Crippen LogP contribution in [0.2, 0.25) is 0 Å². The minimum atomic E-state index is -0.594. The standard InChI is InChI=1S/C19H16N2O6/c1-25-19(23)18-16(6-5-15-17(18)13(8-20-15)9-21-24)27-14-4-2-3-12(7-14)10-26-11-22/h2-9,11,20,24H,10H2,1H3/b21-9+. The molecule has 0 amide bonds. The number of aromatic amines is 1. The molecule has 8 nitrogen and oxygen atoms in total. The van der Waals surface area contributed by atoms with Gasteiger partial charge in [-0.25, -0.2) is 4.79 Å². The van der Waals surface area contributed by atoms with E-state index in [0.717, 1.165) is 5.56 Å².